The third-order valence-corrected chi connectivity index (χ3v) is 2.38. The highest BCUT2D eigenvalue weighted by Crippen LogP contribution is 2.37. The number of ether oxygens (including phenoxy) is 2. The summed E-state index contributed by atoms with van der Waals surface area (Å²) in [6.45, 7) is 0. The lowest BCUT2D eigenvalue weighted by Crippen LogP contribution is -2.18. The molecule has 1 N–H and O–H groups in total. The summed E-state index contributed by atoms with van der Waals surface area (Å²) in [5.74, 6) is -1.26. The van der Waals surface area contributed by atoms with E-state index in [1.807, 2.05) is 0 Å². The van der Waals surface area contributed by atoms with Crippen LogP contribution in [0, 0.1) is 3.57 Å². The van der Waals surface area contributed by atoms with Crippen LogP contribution in [0.25, 0.3) is 0 Å². The Balaban J connectivity index is 3.14. The number of methoxy groups -OCH3 is 1. The Labute approximate surface area is 96.2 Å². The van der Waals surface area contributed by atoms with Gasteiger partial charge in [-0.05, 0) is 22.6 Å². The first kappa shape index (κ1) is 12.1. The zero-order valence-electron chi connectivity index (χ0n) is 7.30. The van der Waals surface area contributed by atoms with Gasteiger partial charge in [-0.15, -0.1) is 13.2 Å². The third kappa shape index (κ3) is 3.01. The number of nitrogens with zero attached hydrogens (tertiary/aromatic N) is 1. The summed E-state index contributed by atoms with van der Waals surface area (Å²) in [6.07, 6.45) is -3.99. The highest BCUT2D eigenvalue weighted by molar-refractivity contribution is 14.1. The van der Waals surface area contributed by atoms with E-state index in [0.29, 0.717) is 0 Å². The molecule has 0 fully saturated rings. The molecule has 0 radical (unpaired) electrons. The minimum absolute atomic E-state index is 0.101. The minimum atomic E-state index is -4.85. The highest BCUT2D eigenvalue weighted by atomic mass is 127. The van der Waals surface area contributed by atoms with E-state index in [1.54, 1.807) is 22.6 Å². The molecule has 15 heavy (non-hydrogen) atoms. The SMILES string of the molecule is COc1c(OC(F)(F)F)ncc(O)c1I. The van der Waals surface area contributed by atoms with Gasteiger partial charge >= 0.3 is 6.36 Å². The average Bonchev–Trinajstić information content (AvgIpc) is 2.10. The Morgan fingerprint density at radius 1 is 1.47 bits per heavy atom. The van der Waals surface area contributed by atoms with Crippen molar-refractivity contribution < 1.29 is 27.8 Å². The molecule has 0 aliphatic heterocycles. The fourth-order valence-corrected chi connectivity index (χ4v) is 1.39. The lowest BCUT2D eigenvalue weighted by atomic mass is 10.4. The van der Waals surface area contributed by atoms with Crippen LogP contribution in [0.4, 0.5) is 13.2 Å². The number of halogens is 4. The molecule has 0 saturated heterocycles. The second-order valence-corrected chi connectivity index (χ2v) is 3.42. The quantitative estimate of drug-likeness (QED) is 0.843. The number of hydrogen-bond donors (Lipinski definition) is 1. The van der Waals surface area contributed by atoms with Crippen molar-refractivity contribution in [1.29, 1.82) is 0 Å². The maximum atomic E-state index is 11.9. The Kier molecular flexibility index (Phi) is 3.47. The molecule has 0 aliphatic rings. The largest absolute Gasteiger partial charge is 0.574 e. The van der Waals surface area contributed by atoms with Gasteiger partial charge in [0.25, 0.3) is 5.88 Å². The van der Waals surface area contributed by atoms with Gasteiger partial charge in [0, 0.05) is 0 Å². The Hall–Kier alpha value is -0.930. The van der Waals surface area contributed by atoms with Crippen molar-refractivity contribution in [3.63, 3.8) is 0 Å². The van der Waals surface area contributed by atoms with E-state index in [0.717, 1.165) is 13.3 Å². The first-order valence-electron chi connectivity index (χ1n) is 3.52. The molecule has 0 aromatic carbocycles. The monoisotopic (exact) mass is 335 g/mol. The number of alkyl halides is 3. The van der Waals surface area contributed by atoms with Gasteiger partial charge in [0.05, 0.1) is 13.3 Å². The van der Waals surface area contributed by atoms with Crippen LogP contribution in [0.1, 0.15) is 0 Å². The van der Waals surface area contributed by atoms with E-state index >= 15 is 0 Å². The fourth-order valence-electron chi connectivity index (χ4n) is 0.805. The molecule has 4 nitrogen and oxygen atoms in total. The predicted molar refractivity (Wildman–Crippen MR) is 51.9 cm³/mol. The molecule has 84 valence electrons. The van der Waals surface area contributed by atoms with Crippen LogP contribution in [0.2, 0.25) is 0 Å². The van der Waals surface area contributed by atoms with Crippen molar-refractivity contribution in [3.8, 4) is 17.4 Å². The van der Waals surface area contributed by atoms with Crippen LogP contribution in [-0.4, -0.2) is 23.6 Å². The van der Waals surface area contributed by atoms with Crippen LogP contribution in [0.5, 0.6) is 17.4 Å². The van der Waals surface area contributed by atoms with Crippen molar-refractivity contribution >= 4 is 22.6 Å². The van der Waals surface area contributed by atoms with Gasteiger partial charge in [-0.25, -0.2) is 4.98 Å². The summed E-state index contributed by atoms with van der Waals surface area (Å²) in [7, 11) is 1.15. The van der Waals surface area contributed by atoms with Crippen LogP contribution in [0.15, 0.2) is 6.20 Å². The summed E-state index contributed by atoms with van der Waals surface area (Å²) in [6, 6.07) is 0. The molecule has 8 heteroatoms. The van der Waals surface area contributed by atoms with Gasteiger partial charge in [0.15, 0.2) is 11.5 Å². The standard InChI is InChI=1S/C7H5F3INO3/c1-14-5-4(11)3(13)2-12-6(5)15-7(8,9)10/h2,13H,1H3. The number of hydrogen-bond acceptors (Lipinski definition) is 4. The Morgan fingerprint density at radius 3 is 2.53 bits per heavy atom. The summed E-state index contributed by atoms with van der Waals surface area (Å²) < 4.78 is 44.1. The molecular formula is C7H5F3INO3. The minimum Gasteiger partial charge on any atom is -0.505 e. The number of aromatic hydroxyl groups is 1. The van der Waals surface area contributed by atoms with Gasteiger partial charge in [-0.3, -0.25) is 0 Å². The van der Waals surface area contributed by atoms with E-state index in [4.69, 9.17) is 5.11 Å². The van der Waals surface area contributed by atoms with Gasteiger partial charge in [0.2, 0.25) is 0 Å². The molecule has 1 aromatic heterocycles. The first-order valence-corrected chi connectivity index (χ1v) is 4.60. The molecular weight excluding hydrogens is 330 g/mol. The molecule has 1 heterocycles. The van der Waals surface area contributed by atoms with Crippen LogP contribution >= 0.6 is 22.6 Å². The summed E-state index contributed by atoms with van der Waals surface area (Å²) in [5, 5.41) is 9.17. The molecule has 1 aromatic rings. The van der Waals surface area contributed by atoms with Gasteiger partial charge < -0.3 is 14.6 Å². The molecule has 0 saturated carbocycles. The van der Waals surface area contributed by atoms with Crippen molar-refractivity contribution in [2.75, 3.05) is 7.11 Å². The van der Waals surface area contributed by atoms with Gasteiger partial charge in [-0.1, -0.05) is 0 Å². The molecule has 0 bridgehead atoms. The van der Waals surface area contributed by atoms with Crippen LogP contribution in [0.3, 0.4) is 0 Å². The second-order valence-electron chi connectivity index (χ2n) is 2.34. The Morgan fingerprint density at radius 2 is 2.07 bits per heavy atom. The maximum Gasteiger partial charge on any atom is 0.574 e. The zero-order chi connectivity index (χ0) is 11.6. The summed E-state index contributed by atoms with van der Waals surface area (Å²) in [5.41, 5.74) is 0. The fraction of sp³-hybridized carbons (Fsp3) is 0.286. The molecule has 0 amide bonds. The summed E-state index contributed by atoms with van der Waals surface area (Å²) >= 11 is 1.62. The van der Waals surface area contributed by atoms with Crippen LogP contribution < -0.4 is 9.47 Å². The first-order chi connectivity index (χ1) is 6.85. The van der Waals surface area contributed by atoms with Crippen molar-refractivity contribution in [1.82, 2.24) is 4.98 Å². The predicted octanol–water partition coefficient (Wildman–Crippen LogP) is 2.30. The molecule has 0 spiro atoms. The normalized spacial score (nSPS) is 11.3. The number of rotatable bonds is 2. The van der Waals surface area contributed by atoms with E-state index in [1.165, 1.54) is 0 Å². The Bertz CT molecular complexity index is 369. The number of aromatic nitrogens is 1. The second kappa shape index (κ2) is 4.29. The number of pyridine rings is 1. The average molecular weight is 335 g/mol. The van der Waals surface area contributed by atoms with Crippen molar-refractivity contribution in [3.05, 3.63) is 9.77 Å². The van der Waals surface area contributed by atoms with Crippen molar-refractivity contribution in [2.45, 2.75) is 6.36 Å². The van der Waals surface area contributed by atoms with E-state index in [2.05, 4.69) is 14.5 Å². The molecule has 1 rings (SSSR count). The molecule has 0 unspecified atom stereocenters. The summed E-state index contributed by atoms with van der Waals surface area (Å²) in [4.78, 5) is 3.27. The third-order valence-electron chi connectivity index (χ3n) is 1.34. The van der Waals surface area contributed by atoms with Crippen molar-refractivity contribution in [2.24, 2.45) is 0 Å². The topological polar surface area (TPSA) is 51.6 Å². The van der Waals surface area contributed by atoms with Gasteiger partial charge in [0.1, 0.15) is 3.57 Å². The van der Waals surface area contributed by atoms with E-state index in [9.17, 15) is 13.2 Å². The smallest absolute Gasteiger partial charge is 0.505 e. The lowest BCUT2D eigenvalue weighted by molar-refractivity contribution is -0.276. The van der Waals surface area contributed by atoms with E-state index in [-0.39, 0.29) is 15.1 Å². The maximum absolute atomic E-state index is 11.9. The van der Waals surface area contributed by atoms with Crippen LogP contribution in [-0.2, 0) is 0 Å². The molecule has 0 atom stereocenters. The highest BCUT2D eigenvalue weighted by Gasteiger charge is 2.34. The molecule has 0 aliphatic carbocycles. The zero-order valence-corrected chi connectivity index (χ0v) is 9.46. The van der Waals surface area contributed by atoms with Gasteiger partial charge in [-0.2, -0.15) is 0 Å². The van der Waals surface area contributed by atoms with E-state index < -0.39 is 12.2 Å². The lowest BCUT2D eigenvalue weighted by Gasteiger charge is -2.12.